The molecule has 21 heavy (non-hydrogen) atoms. The van der Waals surface area contributed by atoms with Gasteiger partial charge in [0.15, 0.2) is 0 Å². The first-order valence-corrected chi connectivity index (χ1v) is 8.85. The van der Waals surface area contributed by atoms with Crippen LogP contribution in [0.4, 0.5) is 0 Å². The van der Waals surface area contributed by atoms with Crippen LogP contribution in [-0.2, 0) is 4.79 Å². The fourth-order valence-corrected chi connectivity index (χ4v) is 3.93. The van der Waals surface area contributed by atoms with Crippen LogP contribution in [0, 0.1) is 17.3 Å². The van der Waals surface area contributed by atoms with E-state index in [1.807, 2.05) is 11.9 Å². The molecule has 0 spiro atoms. The first-order chi connectivity index (χ1) is 9.88. The van der Waals surface area contributed by atoms with Crippen molar-refractivity contribution in [1.82, 2.24) is 9.80 Å². The second-order valence-electron chi connectivity index (χ2n) is 8.22. The molecule has 1 amide bonds. The lowest BCUT2D eigenvalue weighted by Crippen LogP contribution is -2.40. The van der Waals surface area contributed by atoms with Crippen molar-refractivity contribution in [2.24, 2.45) is 17.3 Å². The third-order valence-corrected chi connectivity index (χ3v) is 5.63. The highest BCUT2D eigenvalue weighted by molar-refractivity contribution is 5.78. The van der Waals surface area contributed by atoms with Crippen LogP contribution in [0.2, 0.25) is 0 Å². The zero-order chi connectivity index (χ0) is 15.5. The van der Waals surface area contributed by atoms with Crippen molar-refractivity contribution in [2.45, 2.75) is 59.3 Å². The normalized spacial score (nSPS) is 27.8. The zero-order valence-corrected chi connectivity index (χ0v) is 14.5. The van der Waals surface area contributed by atoms with Crippen molar-refractivity contribution in [2.75, 3.05) is 33.2 Å². The topological polar surface area (TPSA) is 23.6 Å². The summed E-state index contributed by atoms with van der Waals surface area (Å²) in [6, 6.07) is 0. The van der Waals surface area contributed by atoms with Gasteiger partial charge in [-0.15, -0.1) is 0 Å². The van der Waals surface area contributed by atoms with Gasteiger partial charge in [-0.1, -0.05) is 20.8 Å². The van der Waals surface area contributed by atoms with Gasteiger partial charge in [-0.2, -0.15) is 0 Å². The van der Waals surface area contributed by atoms with Gasteiger partial charge in [0.05, 0.1) is 0 Å². The average molecular weight is 294 g/mol. The highest BCUT2D eigenvalue weighted by Crippen LogP contribution is 2.40. The van der Waals surface area contributed by atoms with E-state index in [1.165, 1.54) is 38.8 Å². The predicted octanol–water partition coefficient (Wildman–Crippen LogP) is 3.39. The monoisotopic (exact) mass is 294 g/mol. The Hall–Kier alpha value is -0.570. The Morgan fingerprint density at radius 1 is 1.10 bits per heavy atom. The molecule has 122 valence electrons. The number of nitrogens with zero attached hydrogens (tertiary/aromatic N) is 2. The molecule has 0 radical (unpaired) electrons. The van der Waals surface area contributed by atoms with E-state index in [1.54, 1.807) is 0 Å². The average Bonchev–Trinajstić information content (AvgIpc) is 2.96. The van der Waals surface area contributed by atoms with E-state index in [-0.39, 0.29) is 5.92 Å². The number of carbonyl (C=O) groups is 1. The molecule has 0 atom stereocenters. The Balaban J connectivity index is 1.73. The summed E-state index contributed by atoms with van der Waals surface area (Å²) in [6.45, 7) is 11.4. The fraction of sp³-hybridized carbons (Fsp3) is 0.944. The van der Waals surface area contributed by atoms with Gasteiger partial charge in [0.25, 0.3) is 0 Å². The zero-order valence-electron chi connectivity index (χ0n) is 14.5. The fourth-order valence-electron chi connectivity index (χ4n) is 3.93. The van der Waals surface area contributed by atoms with Gasteiger partial charge in [-0.3, -0.25) is 4.79 Å². The van der Waals surface area contributed by atoms with Crippen LogP contribution in [0.5, 0.6) is 0 Å². The minimum absolute atomic E-state index is 0.284. The number of likely N-dealkylation sites (tertiary alicyclic amines) is 1. The quantitative estimate of drug-likeness (QED) is 0.793. The first-order valence-electron chi connectivity index (χ1n) is 8.85. The third-order valence-electron chi connectivity index (χ3n) is 5.63. The molecule has 3 nitrogen and oxygen atoms in total. The van der Waals surface area contributed by atoms with E-state index >= 15 is 0 Å². The maximum atomic E-state index is 12.6. The molecular formula is C18H34N2O. The predicted molar refractivity (Wildman–Crippen MR) is 88.2 cm³/mol. The van der Waals surface area contributed by atoms with Crippen LogP contribution in [0.15, 0.2) is 0 Å². The molecule has 0 bridgehead atoms. The number of hydrogen-bond donors (Lipinski definition) is 0. The highest BCUT2D eigenvalue weighted by Gasteiger charge is 2.33. The van der Waals surface area contributed by atoms with E-state index in [2.05, 4.69) is 25.7 Å². The van der Waals surface area contributed by atoms with Crippen molar-refractivity contribution in [1.29, 1.82) is 0 Å². The van der Waals surface area contributed by atoms with Gasteiger partial charge in [0.1, 0.15) is 0 Å². The van der Waals surface area contributed by atoms with Gasteiger partial charge >= 0.3 is 0 Å². The first kappa shape index (κ1) is 16.8. The van der Waals surface area contributed by atoms with Crippen molar-refractivity contribution >= 4 is 5.91 Å². The molecule has 1 saturated carbocycles. The number of rotatable bonds is 4. The number of likely N-dealkylation sites (N-methyl/N-ethyl adjacent to an activating group) is 1. The van der Waals surface area contributed by atoms with Gasteiger partial charge in [0, 0.05) is 26.1 Å². The number of amides is 1. The van der Waals surface area contributed by atoms with E-state index in [9.17, 15) is 4.79 Å². The Morgan fingerprint density at radius 2 is 1.67 bits per heavy atom. The molecule has 0 N–H and O–H groups in total. The summed E-state index contributed by atoms with van der Waals surface area (Å²) >= 11 is 0. The lowest BCUT2D eigenvalue weighted by atomic mass is 9.69. The van der Waals surface area contributed by atoms with Gasteiger partial charge in [-0.25, -0.2) is 0 Å². The van der Waals surface area contributed by atoms with Crippen LogP contribution in [-0.4, -0.2) is 48.9 Å². The Bertz CT molecular complexity index is 334. The molecular weight excluding hydrogens is 260 g/mol. The Morgan fingerprint density at radius 3 is 2.19 bits per heavy atom. The maximum absolute atomic E-state index is 12.6. The van der Waals surface area contributed by atoms with Gasteiger partial charge in [0.2, 0.25) is 5.91 Å². The molecule has 0 unspecified atom stereocenters. The summed E-state index contributed by atoms with van der Waals surface area (Å²) in [5, 5.41) is 0. The van der Waals surface area contributed by atoms with Crippen molar-refractivity contribution in [3.63, 3.8) is 0 Å². The summed E-state index contributed by atoms with van der Waals surface area (Å²) in [5.41, 5.74) is 0.398. The van der Waals surface area contributed by atoms with Crippen LogP contribution < -0.4 is 0 Å². The molecule has 1 saturated heterocycles. The number of carbonyl (C=O) groups excluding carboxylic acids is 1. The highest BCUT2D eigenvalue weighted by atomic mass is 16.2. The third kappa shape index (κ3) is 4.70. The molecule has 1 aliphatic carbocycles. The molecule has 3 heteroatoms. The SMILES string of the molecule is CN(CCN1CCCC1)C(=O)C1CCC(C(C)(C)C)CC1. The molecule has 2 fully saturated rings. The lowest BCUT2D eigenvalue weighted by Gasteiger charge is -2.37. The summed E-state index contributed by atoms with van der Waals surface area (Å²) in [7, 11) is 1.99. The van der Waals surface area contributed by atoms with E-state index < -0.39 is 0 Å². The molecule has 1 aliphatic heterocycles. The van der Waals surface area contributed by atoms with Crippen molar-refractivity contribution < 1.29 is 4.79 Å². The largest absolute Gasteiger partial charge is 0.344 e. The summed E-state index contributed by atoms with van der Waals surface area (Å²) in [4.78, 5) is 17.0. The minimum Gasteiger partial charge on any atom is -0.344 e. The van der Waals surface area contributed by atoms with Crippen LogP contribution in [0.25, 0.3) is 0 Å². The molecule has 2 rings (SSSR count). The molecule has 0 aromatic rings. The lowest BCUT2D eigenvalue weighted by molar-refractivity contribution is -0.136. The Kier molecular flexibility index (Phi) is 5.70. The molecule has 0 aromatic heterocycles. The van der Waals surface area contributed by atoms with E-state index in [0.717, 1.165) is 31.8 Å². The van der Waals surface area contributed by atoms with Gasteiger partial charge in [-0.05, 0) is 62.9 Å². The summed E-state index contributed by atoms with van der Waals surface area (Å²) in [5.74, 6) is 1.46. The second kappa shape index (κ2) is 7.13. The molecule has 2 aliphatic rings. The second-order valence-corrected chi connectivity index (χ2v) is 8.22. The van der Waals surface area contributed by atoms with Crippen LogP contribution in [0.1, 0.15) is 59.3 Å². The maximum Gasteiger partial charge on any atom is 0.225 e. The van der Waals surface area contributed by atoms with Crippen LogP contribution in [0.3, 0.4) is 0 Å². The van der Waals surface area contributed by atoms with Crippen molar-refractivity contribution in [3.8, 4) is 0 Å². The minimum atomic E-state index is 0.284. The molecule has 0 aromatic carbocycles. The molecule has 1 heterocycles. The van der Waals surface area contributed by atoms with Gasteiger partial charge < -0.3 is 9.80 Å². The Labute approximate surface area is 131 Å². The smallest absolute Gasteiger partial charge is 0.225 e. The van der Waals surface area contributed by atoms with E-state index in [0.29, 0.717) is 11.3 Å². The summed E-state index contributed by atoms with van der Waals surface area (Å²) in [6.07, 6.45) is 7.28. The summed E-state index contributed by atoms with van der Waals surface area (Å²) < 4.78 is 0. The van der Waals surface area contributed by atoms with Crippen molar-refractivity contribution in [3.05, 3.63) is 0 Å². The standard InChI is InChI=1S/C18H34N2O/c1-18(2,3)16-9-7-15(8-10-16)17(21)19(4)13-14-20-11-5-6-12-20/h15-16H,5-14H2,1-4H3. The number of hydrogen-bond acceptors (Lipinski definition) is 2. The van der Waals surface area contributed by atoms with E-state index in [4.69, 9.17) is 0 Å². The van der Waals surface area contributed by atoms with Crippen LogP contribution >= 0.6 is 0 Å².